The number of para-hydroxylation sites is 1. The zero-order chi connectivity index (χ0) is 14.8. The van der Waals surface area contributed by atoms with Gasteiger partial charge >= 0.3 is 0 Å². The molecule has 0 bridgehead atoms. The summed E-state index contributed by atoms with van der Waals surface area (Å²) in [6.45, 7) is 0. The molecule has 0 amide bonds. The van der Waals surface area contributed by atoms with Gasteiger partial charge in [-0.05, 0) is 30.3 Å². The van der Waals surface area contributed by atoms with Crippen molar-refractivity contribution in [3.05, 3.63) is 65.7 Å². The van der Waals surface area contributed by atoms with E-state index in [9.17, 15) is 8.78 Å². The predicted molar refractivity (Wildman–Crippen MR) is 82.1 cm³/mol. The Morgan fingerprint density at radius 3 is 2.62 bits per heavy atom. The van der Waals surface area contributed by atoms with Gasteiger partial charge in [0.05, 0.1) is 5.52 Å². The van der Waals surface area contributed by atoms with E-state index in [1.54, 1.807) is 6.07 Å². The highest BCUT2D eigenvalue weighted by Crippen LogP contribution is 2.28. The summed E-state index contributed by atoms with van der Waals surface area (Å²) in [6.07, 6.45) is 0. The highest BCUT2D eigenvalue weighted by atomic mass is 32.2. The molecule has 0 aliphatic rings. The minimum Gasteiger partial charge on any atom is -0.383 e. The van der Waals surface area contributed by atoms with Crippen LogP contribution in [-0.4, -0.2) is 4.98 Å². The van der Waals surface area contributed by atoms with Gasteiger partial charge in [-0.2, -0.15) is 0 Å². The number of aromatic nitrogens is 1. The lowest BCUT2D eigenvalue weighted by Crippen LogP contribution is -1.97. The quantitative estimate of drug-likeness (QED) is 0.729. The van der Waals surface area contributed by atoms with E-state index in [-0.39, 0.29) is 0 Å². The molecule has 0 atom stereocenters. The van der Waals surface area contributed by atoms with E-state index < -0.39 is 11.6 Å². The van der Waals surface area contributed by atoms with Gasteiger partial charge in [0.1, 0.15) is 5.82 Å². The molecule has 5 heteroatoms. The Balaban J connectivity index is 1.84. The van der Waals surface area contributed by atoms with Gasteiger partial charge in [0.15, 0.2) is 11.6 Å². The van der Waals surface area contributed by atoms with Crippen LogP contribution in [0.3, 0.4) is 0 Å². The Bertz CT molecular complexity index is 805. The summed E-state index contributed by atoms with van der Waals surface area (Å²) in [6, 6.07) is 13.5. The number of anilines is 1. The first-order valence-corrected chi connectivity index (χ1v) is 7.34. The van der Waals surface area contributed by atoms with E-state index in [0.29, 0.717) is 16.5 Å². The number of benzene rings is 2. The Hall–Kier alpha value is -2.14. The number of pyridine rings is 1. The van der Waals surface area contributed by atoms with Crippen molar-refractivity contribution in [2.75, 3.05) is 5.73 Å². The summed E-state index contributed by atoms with van der Waals surface area (Å²) in [5.41, 5.74) is 7.67. The van der Waals surface area contributed by atoms with Crippen molar-refractivity contribution in [3.63, 3.8) is 0 Å². The molecular weight excluding hydrogens is 290 g/mol. The minimum atomic E-state index is -0.843. The molecule has 21 heavy (non-hydrogen) atoms. The van der Waals surface area contributed by atoms with Crippen molar-refractivity contribution in [2.24, 2.45) is 0 Å². The number of nitrogens with two attached hydrogens (primary N) is 1. The van der Waals surface area contributed by atoms with Gasteiger partial charge in [-0.3, -0.25) is 0 Å². The molecule has 3 rings (SSSR count). The van der Waals surface area contributed by atoms with Crippen LogP contribution in [0.4, 0.5) is 14.6 Å². The topological polar surface area (TPSA) is 38.9 Å². The molecule has 1 aromatic heterocycles. The average Bonchev–Trinajstić information content (AvgIpc) is 2.48. The Labute approximate surface area is 125 Å². The largest absolute Gasteiger partial charge is 0.383 e. The maximum atomic E-state index is 13.2. The molecule has 0 spiro atoms. The number of rotatable bonds is 3. The molecule has 0 radical (unpaired) electrons. The van der Waals surface area contributed by atoms with Gasteiger partial charge in [-0.25, -0.2) is 13.8 Å². The monoisotopic (exact) mass is 302 g/mol. The third-order valence-corrected chi connectivity index (χ3v) is 4.16. The van der Waals surface area contributed by atoms with Crippen molar-refractivity contribution >= 4 is 28.5 Å². The fraction of sp³-hybridized carbons (Fsp3) is 0.0625. The van der Waals surface area contributed by atoms with Crippen LogP contribution in [-0.2, 0) is 5.75 Å². The summed E-state index contributed by atoms with van der Waals surface area (Å²) in [7, 11) is 0. The van der Waals surface area contributed by atoms with E-state index in [1.165, 1.54) is 17.8 Å². The zero-order valence-electron chi connectivity index (χ0n) is 11.0. The number of thioether (sulfide) groups is 1. The van der Waals surface area contributed by atoms with Gasteiger partial charge in [-0.1, -0.05) is 18.2 Å². The highest BCUT2D eigenvalue weighted by molar-refractivity contribution is 7.98. The Kier molecular flexibility index (Phi) is 3.75. The summed E-state index contributed by atoms with van der Waals surface area (Å²) in [4.78, 5) is 5.00. The van der Waals surface area contributed by atoms with E-state index in [4.69, 9.17) is 5.73 Å². The molecule has 0 fully saturated rings. The predicted octanol–water partition coefficient (Wildman–Crippen LogP) is 4.39. The van der Waals surface area contributed by atoms with Crippen molar-refractivity contribution in [2.45, 2.75) is 10.6 Å². The lowest BCUT2D eigenvalue weighted by atomic mass is 10.1. The van der Waals surface area contributed by atoms with Crippen LogP contribution in [0.1, 0.15) is 5.56 Å². The van der Waals surface area contributed by atoms with E-state index >= 15 is 0 Å². The number of nitrogens with zero attached hydrogens (tertiary/aromatic N) is 1. The van der Waals surface area contributed by atoms with Gasteiger partial charge < -0.3 is 5.73 Å². The van der Waals surface area contributed by atoms with Crippen LogP contribution in [0.2, 0.25) is 0 Å². The standard InChI is InChI=1S/C16H12F2N2S/c17-13-6-5-12(8-14(13)18)21-9-11-7-10-3-1-2-4-15(10)20-16(11)19/h1-8H,9H2,(H2,19,20). The van der Waals surface area contributed by atoms with Crippen molar-refractivity contribution in [1.82, 2.24) is 4.98 Å². The molecule has 0 aliphatic carbocycles. The molecule has 0 saturated carbocycles. The van der Waals surface area contributed by atoms with Crippen LogP contribution < -0.4 is 5.73 Å². The summed E-state index contributed by atoms with van der Waals surface area (Å²) >= 11 is 1.39. The number of hydrogen-bond donors (Lipinski definition) is 1. The third kappa shape index (κ3) is 2.97. The summed E-state index contributed by atoms with van der Waals surface area (Å²) in [5.74, 6) is -0.672. The first-order valence-electron chi connectivity index (χ1n) is 6.35. The molecule has 2 aromatic carbocycles. The Morgan fingerprint density at radius 1 is 1.00 bits per heavy atom. The molecule has 3 aromatic rings. The third-order valence-electron chi connectivity index (χ3n) is 3.12. The lowest BCUT2D eigenvalue weighted by Gasteiger charge is -2.07. The Morgan fingerprint density at radius 2 is 1.81 bits per heavy atom. The summed E-state index contributed by atoms with van der Waals surface area (Å²) < 4.78 is 26.1. The molecule has 0 saturated heterocycles. The van der Waals surface area contributed by atoms with Crippen LogP contribution in [0, 0.1) is 11.6 Å². The van der Waals surface area contributed by atoms with Crippen molar-refractivity contribution in [3.8, 4) is 0 Å². The maximum Gasteiger partial charge on any atom is 0.159 e. The smallest absolute Gasteiger partial charge is 0.159 e. The number of halogens is 2. The minimum absolute atomic E-state index is 0.462. The van der Waals surface area contributed by atoms with Crippen LogP contribution in [0.15, 0.2) is 53.4 Å². The van der Waals surface area contributed by atoms with Gasteiger partial charge in [0.2, 0.25) is 0 Å². The SMILES string of the molecule is Nc1nc2ccccc2cc1CSc1ccc(F)c(F)c1. The van der Waals surface area contributed by atoms with Crippen LogP contribution in [0.25, 0.3) is 10.9 Å². The van der Waals surface area contributed by atoms with Crippen LogP contribution >= 0.6 is 11.8 Å². The van der Waals surface area contributed by atoms with Gasteiger partial charge in [0.25, 0.3) is 0 Å². The van der Waals surface area contributed by atoms with E-state index in [1.807, 2.05) is 30.3 Å². The molecule has 0 aliphatic heterocycles. The first-order chi connectivity index (χ1) is 10.1. The normalized spacial score (nSPS) is 11.0. The highest BCUT2D eigenvalue weighted by Gasteiger charge is 2.07. The number of hydrogen-bond acceptors (Lipinski definition) is 3. The van der Waals surface area contributed by atoms with Crippen molar-refractivity contribution < 1.29 is 8.78 Å². The fourth-order valence-electron chi connectivity index (χ4n) is 2.02. The molecular formula is C16H12F2N2S. The van der Waals surface area contributed by atoms with Gasteiger partial charge in [0, 0.05) is 21.6 Å². The zero-order valence-corrected chi connectivity index (χ0v) is 11.8. The second-order valence-electron chi connectivity index (χ2n) is 4.59. The molecule has 1 heterocycles. The molecule has 106 valence electrons. The maximum absolute atomic E-state index is 13.2. The molecule has 2 nitrogen and oxygen atoms in total. The molecule has 2 N–H and O–H groups in total. The fourth-order valence-corrected chi connectivity index (χ4v) is 2.92. The van der Waals surface area contributed by atoms with Crippen LogP contribution in [0.5, 0.6) is 0 Å². The lowest BCUT2D eigenvalue weighted by molar-refractivity contribution is 0.506. The first kappa shape index (κ1) is 13.8. The molecule has 0 unspecified atom stereocenters. The van der Waals surface area contributed by atoms with Gasteiger partial charge in [-0.15, -0.1) is 11.8 Å². The van der Waals surface area contributed by atoms with Crippen molar-refractivity contribution in [1.29, 1.82) is 0 Å². The number of fused-ring (bicyclic) bond motifs is 1. The second-order valence-corrected chi connectivity index (χ2v) is 5.64. The second kappa shape index (κ2) is 5.69. The van der Waals surface area contributed by atoms with E-state index in [0.717, 1.165) is 22.5 Å². The van der Waals surface area contributed by atoms with E-state index in [2.05, 4.69) is 4.98 Å². The summed E-state index contributed by atoms with van der Waals surface area (Å²) in [5, 5.41) is 1.01. The number of nitrogen functional groups attached to an aromatic ring is 1. The average molecular weight is 302 g/mol.